The van der Waals surface area contributed by atoms with Crippen LogP contribution in [-0.4, -0.2) is 9.56 Å². The normalized spacial score (nSPS) is 17.1. The van der Waals surface area contributed by atoms with Crippen LogP contribution in [0.2, 0.25) is 0 Å². The van der Waals surface area contributed by atoms with Crippen molar-refractivity contribution >= 4 is 17.2 Å². The molecule has 2 N–H and O–H groups in total. The topological polar surface area (TPSA) is 48.0 Å². The molecule has 1 aliphatic rings. The molecule has 0 aromatic carbocycles. The van der Waals surface area contributed by atoms with Gasteiger partial charge in [0.1, 0.15) is 0 Å². The molecular weight excluding hydrogens is 220 g/mol. The van der Waals surface area contributed by atoms with Gasteiger partial charge in [-0.3, -0.25) is 4.79 Å². The van der Waals surface area contributed by atoms with E-state index >= 15 is 0 Å². The number of thiocarbonyl (C=S) groups is 1. The van der Waals surface area contributed by atoms with E-state index in [9.17, 15) is 4.79 Å². The Morgan fingerprint density at radius 3 is 2.88 bits per heavy atom. The lowest BCUT2D eigenvalue weighted by molar-refractivity contribution is 0.429. The Balaban J connectivity index is 2.18. The first-order valence-corrected chi connectivity index (χ1v) is 5.88. The van der Waals surface area contributed by atoms with E-state index < -0.39 is 0 Å². The number of aryl methyl sites for hydroxylation is 1. The molecule has 0 amide bonds. The van der Waals surface area contributed by atoms with Crippen molar-refractivity contribution in [1.29, 1.82) is 0 Å². The smallest absolute Gasteiger partial charge is 0.253 e. The molecule has 0 aliphatic heterocycles. The molecule has 2 rings (SSSR count). The molecule has 86 valence electrons. The van der Waals surface area contributed by atoms with Crippen molar-refractivity contribution in [2.24, 2.45) is 11.1 Å². The van der Waals surface area contributed by atoms with Crippen LogP contribution in [-0.2, 0) is 6.54 Å². The second-order valence-corrected chi connectivity index (χ2v) is 5.29. The number of aromatic nitrogens is 1. The highest BCUT2D eigenvalue weighted by Crippen LogP contribution is 2.49. The monoisotopic (exact) mass is 236 g/mol. The summed E-state index contributed by atoms with van der Waals surface area (Å²) in [7, 11) is 0. The molecule has 0 saturated heterocycles. The van der Waals surface area contributed by atoms with E-state index in [1.165, 1.54) is 0 Å². The summed E-state index contributed by atoms with van der Waals surface area (Å²) < 4.78 is 1.78. The Hall–Kier alpha value is -1.16. The van der Waals surface area contributed by atoms with Crippen molar-refractivity contribution in [2.75, 3.05) is 0 Å². The van der Waals surface area contributed by atoms with E-state index in [0.717, 1.165) is 31.4 Å². The molecule has 0 spiro atoms. The predicted octanol–water partition coefficient (Wildman–Crippen LogP) is 1.61. The Bertz CT molecular complexity index is 474. The molecule has 1 heterocycles. The van der Waals surface area contributed by atoms with Crippen LogP contribution in [0.25, 0.3) is 0 Å². The second kappa shape index (κ2) is 4.01. The Morgan fingerprint density at radius 1 is 1.62 bits per heavy atom. The molecule has 3 nitrogen and oxygen atoms in total. The third-order valence-electron chi connectivity index (χ3n) is 3.22. The van der Waals surface area contributed by atoms with Crippen LogP contribution in [0, 0.1) is 12.3 Å². The van der Waals surface area contributed by atoms with Gasteiger partial charge in [0, 0.05) is 24.7 Å². The highest BCUT2D eigenvalue weighted by molar-refractivity contribution is 7.80. The lowest BCUT2D eigenvalue weighted by atomic mass is 10.0. The summed E-state index contributed by atoms with van der Waals surface area (Å²) in [5.74, 6) is 0. The molecule has 16 heavy (non-hydrogen) atoms. The lowest BCUT2D eigenvalue weighted by Gasteiger charge is -2.16. The summed E-state index contributed by atoms with van der Waals surface area (Å²) in [6.45, 7) is 2.58. The van der Waals surface area contributed by atoms with Gasteiger partial charge in [-0.05, 0) is 31.2 Å². The van der Waals surface area contributed by atoms with Gasteiger partial charge in [0.05, 0.1) is 4.99 Å². The zero-order chi connectivity index (χ0) is 11.8. The average Bonchev–Trinajstić information content (AvgIpc) is 2.92. The second-order valence-electron chi connectivity index (χ2n) is 4.77. The Labute approximate surface area is 100 Å². The SMILES string of the molecule is Cc1cccn(CC2(CC(N)=S)CC2)c1=O. The first-order chi connectivity index (χ1) is 7.52. The molecule has 0 radical (unpaired) electrons. The molecule has 4 heteroatoms. The van der Waals surface area contributed by atoms with E-state index in [-0.39, 0.29) is 11.0 Å². The molecular formula is C12H16N2OS. The van der Waals surface area contributed by atoms with Crippen LogP contribution in [0.15, 0.2) is 23.1 Å². The standard InChI is InChI=1S/C12H16N2OS/c1-9-3-2-6-14(11(9)15)8-12(4-5-12)7-10(13)16/h2-3,6H,4-5,7-8H2,1H3,(H2,13,16). The minimum absolute atomic E-state index is 0.0942. The van der Waals surface area contributed by atoms with Gasteiger partial charge in [-0.25, -0.2) is 0 Å². The van der Waals surface area contributed by atoms with Crippen LogP contribution in [0.1, 0.15) is 24.8 Å². The lowest BCUT2D eigenvalue weighted by Crippen LogP contribution is -2.27. The molecule has 0 unspecified atom stereocenters. The third kappa shape index (κ3) is 2.32. The van der Waals surface area contributed by atoms with Crippen LogP contribution in [0.4, 0.5) is 0 Å². The molecule has 1 aromatic rings. The van der Waals surface area contributed by atoms with Crippen LogP contribution in [0.3, 0.4) is 0 Å². The van der Waals surface area contributed by atoms with Crippen molar-refractivity contribution in [2.45, 2.75) is 32.7 Å². The minimum Gasteiger partial charge on any atom is -0.393 e. The maximum absolute atomic E-state index is 11.9. The van der Waals surface area contributed by atoms with Crippen molar-refractivity contribution < 1.29 is 0 Å². The Kier molecular flexibility index (Phi) is 2.84. The predicted molar refractivity (Wildman–Crippen MR) is 68.5 cm³/mol. The molecule has 1 saturated carbocycles. The fourth-order valence-electron chi connectivity index (χ4n) is 2.08. The molecule has 0 atom stereocenters. The van der Waals surface area contributed by atoms with Gasteiger partial charge in [-0.1, -0.05) is 18.3 Å². The number of hydrogen-bond donors (Lipinski definition) is 1. The fourth-order valence-corrected chi connectivity index (χ4v) is 2.39. The summed E-state index contributed by atoms with van der Waals surface area (Å²) in [4.78, 5) is 12.4. The van der Waals surface area contributed by atoms with Gasteiger partial charge in [0.25, 0.3) is 5.56 Å². The van der Waals surface area contributed by atoms with Crippen molar-refractivity contribution in [1.82, 2.24) is 4.57 Å². The summed E-state index contributed by atoms with van der Waals surface area (Å²) in [5, 5.41) is 0. The van der Waals surface area contributed by atoms with Crippen LogP contribution in [0.5, 0.6) is 0 Å². The summed E-state index contributed by atoms with van der Waals surface area (Å²) in [5.41, 5.74) is 6.62. The van der Waals surface area contributed by atoms with Gasteiger partial charge < -0.3 is 10.3 Å². The van der Waals surface area contributed by atoms with Gasteiger partial charge in [0.15, 0.2) is 0 Å². The van der Waals surface area contributed by atoms with Gasteiger partial charge in [-0.2, -0.15) is 0 Å². The first-order valence-electron chi connectivity index (χ1n) is 5.47. The zero-order valence-electron chi connectivity index (χ0n) is 9.40. The number of hydrogen-bond acceptors (Lipinski definition) is 2. The number of pyridine rings is 1. The minimum atomic E-state index is 0.0942. The summed E-state index contributed by atoms with van der Waals surface area (Å²) in [6, 6.07) is 3.75. The fraction of sp³-hybridized carbons (Fsp3) is 0.500. The van der Waals surface area contributed by atoms with E-state index in [2.05, 4.69) is 0 Å². The van der Waals surface area contributed by atoms with E-state index in [0.29, 0.717) is 4.99 Å². The van der Waals surface area contributed by atoms with Gasteiger partial charge in [-0.15, -0.1) is 0 Å². The maximum Gasteiger partial charge on any atom is 0.253 e. The van der Waals surface area contributed by atoms with Crippen LogP contribution < -0.4 is 11.3 Å². The van der Waals surface area contributed by atoms with Crippen molar-refractivity contribution in [3.63, 3.8) is 0 Å². The van der Waals surface area contributed by atoms with Crippen molar-refractivity contribution in [3.8, 4) is 0 Å². The molecule has 1 aliphatic carbocycles. The highest BCUT2D eigenvalue weighted by atomic mass is 32.1. The average molecular weight is 236 g/mol. The molecule has 1 aromatic heterocycles. The molecule has 0 bridgehead atoms. The number of nitrogens with zero attached hydrogens (tertiary/aromatic N) is 1. The van der Waals surface area contributed by atoms with Crippen molar-refractivity contribution in [3.05, 3.63) is 34.2 Å². The van der Waals surface area contributed by atoms with Gasteiger partial charge in [0.2, 0.25) is 0 Å². The zero-order valence-corrected chi connectivity index (χ0v) is 10.2. The first kappa shape index (κ1) is 11.3. The van der Waals surface area contributed by atoms with E-state index in [1.54, 1.807) is 4.57 Å². The Morgan fingerprint density at radius 2 is 2.31 bits per heavy atom. The number of nitrogens with two attached hydrogens (primary N) is 1. The van der Waals surface area contributed by atoms with Crippen LogP contribution >= 0.6 is 12.2 Å². The largest absolute Gasteiger partial charge is 0.393 e. The van der Waals surface area contributed by atoms with E-state index in [4.69, 9.17) is 18.0 Å². The number of rotatable bonds is 4. The quantitative estimate of drug-likeness (QED) is 0.808. The maximum atomic E-state index is 11.9. The highest BCUT2D eigenvalue weighted by Gasteiger charge is 2.43. The van der Waals surface area contributed by atoms with E-state index in [1.807, 2.05) is 25.3 Å². The molecule has 1 fully saturated rings. The summed E-state index contributed by atoms with van der Waals surface area (Å²) in [6.07, 6.45) is 4.83. The van der Waals surface area contributed by atoms with Gasteiger partial charge >= 0.3 is 0 Å². The third-order valence-corrected chi connectivity index (χ3v) is 3.37. The summed E-state index contributed by atoms with van der Waals surface area (Å²) >= 11 is 4.95.